The number of fused-ring (bicyclic) bond motifs is 2. The number of ether oxygens (including phenoxy) is 2. The number of rotatable bonds is 4. The van der Waals surface area contributed by atoms with E-state index in [-0.39, 0.29) is 11.6 Å². The zero-order chi connectivity index (χ0) is 35.0. The fourth-order valence-corrected chi connectivity index (χ4v) is 5.01. The molecule has 3 aromatic rings. The van der Waals surface area contributed by atoms with E-state index in [1.165, 1.54) is 12.7 Å². The molecule has 0 aliphatic carbocycles. The summed E-state index contributed by atoms with van der Waals surface area (Å²) < 4.78 is 76.0. The average Bonchev–Trinajstić information content (AvgIpc) is 3.47. The van der Waals surface area contributed by atoms with Gasteiger partial charge in [-0.1, -0.05) is 12.1 Å². The van der Waals surface area contributed by atoms with Crippen LogP contribution in [0.15, 0.2) is 48.8 Å². The molecule has 4 heterocycles. The number of carboxylic acids is 2. The summed E-state index contributed by atoms with van der Waals surface area (Å²) in [4.78, 5) is 38.7. The summed E-state index contributed by atoms with van der Waals surface area (Å²) in [6.45, 7) is 3.66. The van der Waals surface area contributed by atoms with Gasteiger partial charge in [0.05, 0.1) is 26.3 Å². The molecule has 19 heteroatoms. The lowest BCUT2D eigenvalue weighted by Gasteiger charge is -2.48. The number of benzene rings is 1. The number of amides is 1. The molecule has 0 unspecified atom stereocenters. The number of aliphatic carboxylic acids is 2. The molecule has 0 radical (unpaired) electrons. The number of methoxy groups -OCH3 is 2. The lowest BCUT2D eigenvalue weighted by Crippen LogP contribution is -2.57. The van der Waals surface area contributed by atoms with Crippen LogP contribution in [0.4, 0.5) is 31.1 Å². The Morgan fingerprint density at radius 2 is 1.49 bits per heavy atom. The highest BCUT2D eigenvalue weighted by molar-refractivity contribution is 5.73. The van der Waals surface area contributed by atoms with Crippen molar-refractivity contribution >= 4 is 18.0 Å². The Morgan fingerprint density at radius 3 is 1.96 bits per heavy atom. The highest BCUT2D eigenvalue weighted by atomic mass is 19.4. The van der Waals surface area contributed by atoms with Crippen LogP contribution in [0, 0.1) is 0 Å². The summed E-state index contributed by atoms with van der Waals surface area (Å²) in [6.07, 6.45) is -5.16. The largest absolute Gasteiger partial charge is 0.497 e. The SMILES string of the molecule is COC(=O)N1Cc2nnc(-c3cccnc3)n2C2(CCN(Cc3ccc(OC)cc3)CC2)C1.O=C(O)C(F)(F)F.O=C(O)C(F)(F)F. The third-order valence-corrected chi connectivity index (χ3v) is 7.21. The number of aromatic nitrogens is 4. The van der Waals surface area contributed by atoms with Crippen LogP contribution in [0.1, 0.15) is 24.2 Å². The van der Waals surface area contributed by atoms with Crippen LogP contribution in [0.3, 0.4) is 0 Å². The van der Waals surface area contributed by atoms with Crippen molar-refractivity contribution in [3.8, 4) is 17.1 Å². The summed E-state index contributed by atoms with van der Waals surface area (Å²) in [6, 6.07) is 12.1. The Kier molecular flexibility index (Phi) is 11.7. The average molecular weight is 677 g/mol. The summed E-state index contributed by atoms with van der Waals surface area (Å²) in [7, 11) is 3.10. The van der Waals surface area contributed by atoms with Gasteiger partial charge in [-0.2, -0.15) is 26.3 Å². The summed E-state index contributed by atoms with van der Waals surface area (Å²) >= 11 is 0. The minimum Gasteiger partial charge on any atom is -0.497 e. The van der Waals surface area contributed by atoms with Gasteiger partial charge in [0.2, 0.25) is 0 Å². The normalized spacial score (nSPS) is 15.7. The van der Waals surface area contributed by atoms with E-state index in [4.69, 9.17) is 29.3 Å². The number of nitrogens with zero attached hydrogens (tertiary/aromatic N) is 6. The van der Waals surface area contributed by atoms with Gasteiger partial charge in [-0.3, -0.25) is 14.8 Å². The molecule has 13 nitrogen and oxygen atoms in total. The molecular formula is C28H30F6N6O7. The number of halogens is 6. The molecule has 1 aromatic carbocycles. The number of carboxylic acid groups (broad SMARTS) is 2. The van der Waals surface area contributed by atoms with Crippen molar-refractivity contribution in [3.63, 3.8) is 0 Å². The fourth-order valence-electron chi connectivity index (χ4n) is 5.01. The fraction of sp³-hybridized carbons (Fsp3) is 0.429. The first kappa shape index (κ1) is 36.5. The highest BCUT2D eigenvalue weighted by Crippen LogP contribution is 2.39. The summed E-state index contributed by atoms with van der Waals surface area (Å²) in [5, 5.41) is 23.2. The molecule has 47 heavy (non-hydrogen) atoms. The van der Waals surface area contributed by atoms with Crippen LogP contribution in [-0.2, 0) is 33.0 Å². The van der Waals surface area contributed by atoms with Gasteiger partial charge >= 0.3 is 30.4 Å². The van der Waals surface area contributed by atoms with E-state index in [1.807, 2.05) is 30.5 Å². The molecule has 2 aliphatic heterocycles. The zero-order valence-electron chi connectivity index (χ0n) is 25.0. The maximum atomic E-state index is 12.5. The van der Waals surface area contributed by atoms with Crippen molar-refractivity contribution in [1.29, 1.82) is 0 Å². The molecule has 1 amide bonds. The quantitative estimate of drug-likeness (QED) is 0.382. The van der Waals surface area contributed by atoms with E-state index in [2.05, 4.69) is 36.8 Å². The van der Waals surface area contributed by atoms with Crippen LogP contribution in [-0.4, -0.2) is 104 Å². The molecule has 2 N–H and O–H groups in total. The van der Waals surface area contributed by atoms with E-state index in [1.54, 1.807) is 18.2 Å². The van der Waals surface area contributed by atoms with Gasteiger partial charge in [0.1, 0.15) is 5.75 Å². The zero-order valence-corrected chi connectivity index (χ0v) is 25.0. The molecule has 1 fully saturated rings. The van der Waals surface area contributed by atoms with E-state index >= 15 is 0 Å². The Hall–Kier alpha value is -4.94. The van der Waals surface area contributed by atoms with Crippen LogP contribution in [0.25, 0.3) is 11.4 Å². The van der Waals surface area contributed by atoms with Crippen LogP contribution in [0.5, 0.6) is 5.75 Å². The monoisotopic (exact) mass is 676 g/mol. The third kappa shape index (κ3) is 9.53. The Bertz CT molecular complexity index is 1480. The van der Waals surface area contributed by atoms with Crippen molar-refractivity contribution < 1.29 is 60.4 Å². The molecule has 0 atom stereocenters. The molecule has 256 valence electrons. The lowest BCUT2D eigenvalue weighted by atomic mass is 9.84. The number of piperidine rings is 1. The van der Waals surface area contributed by atoms with Crippen LogP contribution in [0.2, 0.25) is 0 Å². The second-order valence-corrected chi connectivity index (χ2v) is 10.3. The number of alkyl halides is 6. The molecule has 2 aromatic heterocycles. The van der Waals surface area contributed by atoms with Gasteiger partial charge in [-0.15, -0.1) is 10.2 Å². The van der Waals surface area contributed by atoms with Crippen LogP contribution < -0.4 is 4.74 Å². The van der Waals surface area contributed by atoms with Crippen molar-refractivity contribution in [3.05, 3.63) is 60.2 Å². The first-order chi connectivity index (χ1) is 22.0. The van der Waals surface area contributed by atoms with Gasteiger partial charge in [-0.25, -0.2) is 14.4 Å². The molecule has 2 aliphatic rings. The number of likely N-dealkylation sites (tertiary alicyclic amines) is 1. The first-order valence-electron chi connectivity index (χ1n) is 13.6. The first-order valence-corrected chi connectivity index (χ1v) is 13.6. The van der Waals surface area contributed by atoms with Gasteiger partial charge in [0.25, 0.3) is 0 Å². The van der Waals surface area contributed by atoms with E-state index in [0.717, 1.165) is 55.4 Å². The minimum absolute atomic E-state index is 0.285. The van der Waals surface area contributed by atoms with Crippen molar-refractivity contribution in [1.82, 2.24) is 29.5 Å². The van der Waals surface area contributed by atoms with E-state index < -0.39 is 24.3 Å². The Morgan fingerprint density at radius 1 is 0.915 bits per heavy atom. The Labute approximate surface area is 263 Å². The number of hydrogen-bond donors (Lipinski definition) is 2. The molecule has 0 bridgehead atoms. The maximum absolute atomic E-state index is 12.5. The Balaban J connectivity index is 0.000000360. The molecular weight excluding hydrogens is 646 g/mol. The number of carbonyl (C=O) groups excluding carboxylic acids is 1. The number of hydrogen-bond acceptors (Lipinski definition) is 9. The summed E-state index contributed by atoms with van der Waals surface area (Å²) in [5.74, 6) is -3.05. The third-order valence-electron chi connectivity index (χ3n) is 7.21. The van der Waals surface area contributed by atoms with Gasteiger partial charge in [0.15, 0.2) is 11.6 Å². The predicted molar refractivity (Wildman–Crippen MR) is 149 cm³/mol. The molecule has 5 rings (SSSR count). The van der Waals surface area contributed by atoms with Crippen LogP contribution >= 0.6 is 0 Å². The van der Waals surface area contributed by atoms with Crippen molar-refractivity contribution in [2.75, 3.05) is 33.9 Å². The van der Waals surface area contributed by atoms with Gasteiger partial charge in [-0.05, 0) is 42.7 Å². The minimum atomic E-state index is -5.08. The number of carbonyl (C=O) groups is 3. The van der Waals surface area contributed by atoms with Gasteiger partial charge < -0.3 is 24.3 Å². The topological polar surface area (TPSA) is 160 Å². The van der Waals surface area contributed by atoms with Crippen molar-refractivity contribution in [2.45, 2.75) is 43.8 Å². The standard InChI is InChI=1S/C24H28N6O3.2C2HF3O2/c1-32-20-7-5-18(6-8-20)15-28-12-9-24(10-13-28)17-29(23(31)33-2)16-21-26-27-22(30(21)24)19-4-3-11-25-14-19;2*3-2(4,5)1(6)7/h3-8,11,14H,9-10,12-13,15-17H2,1-2H3;2*(H,6,7). The second kappa shape index (κ2) is 15.1. The second-order valence-electron chi connectivity index (χ2n) is 10.3. The molecule has 1 saturated heterocycles. The molecule has 0 saturated carbocycles. The predicted octanol–water partition coefficient (Wildman–Crippen LogP) is 4.19. The van der Waals surface area contributed by atoms with Gasteiger partial charge in [0, 0.05) is 44.1 Å². The van der Waals surface area contributed by atoms with Crippen molar-refractivity contribution in [2.24, 2.45) is 0 Å². The number of pyridine rings is 1. The summed E-state index contributed by atoms with van der Waals surface area (Å²) in [5.41, 5.74) is 1.91. The lowest BCUT2D eigenvalue weighted by molar-refractivity contribution is -0.193. The highest BCUT2D eigenvalue weighted by Gasteiger charge is 2.46. The maximum Gasteiger partial charge on any atom is 0.490 e. The smallest absolute Gasteiger partial charge is 0.490 e. The molecule has 1 spiro atoms. The van der Waals surface area contributed by atoms with E-state index in [0.29, 0.717) is 13.1 Å². The van der Waals surface area contributed by atoms with E-state index in [9.17, 15) is 31.1 Å².